The number of aromatic nitrogens is 1. The van der Waals surface area contributed by atoms with Gasteiger partial charge < -0.3 is 10.1 Å². The first-order valence-corrected chi connectivity index (χ1v) is 6.59. The van der Waals surface area contributed by atoms with Crippen molar-refractivity contribution in [2.24, 2.45) is 0 Å². The first-order valence-electron chi connectivity index (χ1n) is 5.80. The third-order valence-electron chi connectivity index (χ3n) is 2.55. The smallest absolute Gasteiger partial charge is 0.312 e. The number of nitro benzene ring substituents is 1. The second kappa shape index (κ2) is 6.31. The average molecular weight is 352 g/mol. The van der Waals surface area contributed by atoms with Crippen LogP contribution < -0.4 is 10.1 Å². The van der Waals surface area contributed by atoms with Crippen LogP contribution in [0.15, 0.2) is 41.1 Å². The summed E-state index contributed by atoms with van der Waals surface area (Å²) in [6.07, 6.45) is 3.00. The van der Waals surface area contributed by atoms with Gasteiger partial charge in [-0.2, -0.15) is 0 Å². The van der Waals surface area contributed by atoms with E-state index in [1.54, 1.807) is 12.3 Å². The molecule has 2 aromatic rings. The predicted octanol–water partition coefficient (Wildman–Crippen LogP) is 2.90. The molecule has 1 heterocycles. The van der Waals surface area contributed by atoms with E-state index in [9.17, 15) is 14.9 Å². The van der Waals surface area contributed by atoms with Crippen LogP contribution in [0.1, 0.15) is 10.4 Å². The van der Waals surface area contributed by atoms with Crippen molar-refractivity contribution in [1.29, 1.82) is 0 Å². The molecule has 1 aromatic heterocycles. The van der Waals surface area contributed by atoms with Crippen molar-refractivity contribution >= 4 is 27.5 Å². The third kappa shape index (κ3) is 3.54. The Morgan fingerprint density at radius 1 is 1.38 bits per heavy atom. The fourth-order valence-corrected chi connectivity index (χ4v) is 1.95. The minimum Gasteiger partial charge on any atom is -0.448 e. The number of nitro groups is 1. The number of halogens is 1. The minimum absolute atomic E-state index is 0.0348. The maximum absolute atomic E-state index is 11.5. The maximum Gasteiger partial charge on any atom is 0.312 e. The fraction of sp³-hybridized carbons (Fsp3) is 0.0769. The summed E-state index contributed by atoms with van der Waals surface area (Å²) in [4.78, 5) is 25.9. The number of hydrogen-bond acceptors (Lipinski definition) is 5. The van der Waals surface area contributed by atoms with Gasteiger partial charge in [-0.1, -0.05) is 0 Å². The topological polar surface area (TPSA) is 94.4 Å². The highest BCUT2D eigenvalue weighted by Gasteiger charge is 2.19. The first kappa shape index (κ1) is 14.9. The molecule has 1 N–H and O–H groups in total. The Hall–Kier alpha value is -2.48. The monoisotopic (exact) mass is 351 g/mol. The zero-order valence-corrected chi connectivity index (χ0v) is 12.5. The van der Waals surface area contributed by atoms with E-state index in [1.807, 2.05) is 0 Å². The van der Waals surface area contributed by atoms with Crippen molar-refractivity contribution in [3.63, 3.8) is 0 Å². The summed E-state index contributed by atoms with van der Waals surface area (Å²) in [5.41, 5.74) is -0.111. The number of benzene rings is 1. The molecule has 0 saturated carbocycles. The lowest BCUT2D eigenvalue weighted by Crippen LogP contribution is -2.17. The zero-order valence-electron chi connectivity index (χ0n) is 10.9. The maximum atomic E-state index is 11.5. The lowest BCUT2D eigenvalue weighted by atomic mass is 10.1. The van der Waals surface area contributed by atoms with Gasteiger partial charge in [0.25, 0.3) is 5.91 Å². The van der Waals surface area contributed by atoms with E-state index < -0.39 is 10.8 Å². The van der Waals surface area contributed by atoms with Gasteiger partial charge in [0.1, 0.15) is 5.75 Å². The number of hydrogen-bond donors (Lipinski definition) is 1. The Morgan fingerprint density at radius 2 is 2.14 bits per heavy atom. The molecule has 8 heteroatoms. The molecule has 0 atom stereocenters. The highest BCUT2D eigenvalue weighted by Crippen LogP contribution is 2.32. The van der Waals surface area contributed by atoms with Gasteiger partial charge in [-0.3, -0.25) is 19.9 Å². The number of pyridine rings is 1. The number of amides is 1. The van der Waals surface area contributed by atoms with Crippen LogP contribution in [0.3, 0.4) is 0 Å². The molecule has 2 rings (SSSR count). The highest BCUT2D eigenvalue weighted by atomic mass is 79.9. The lowest BCUT2D eigenvalue weighted by molar-refractivity contribution is -0.385. The van der Waals surface area contributed by atoms with Crippen LogP contribution in [0.25, 0.3) is 0 Å². The van der Waals surface area contributed by atoms with Gasteiger partial charge in [-0.25, -0.2) is 0 Å². The van der Waals surface area contributed by atoms with E-state index in [1.165, 1.54) is 31.4 Å². The molecular formula is C13H10BrN3O4. The molecule has 0 aliphatic rings. The van der Waals surface area contributed by atoms with Gasteiger partial charge in [0.15, 0.2) is 0 Å². The Kier molecular flexibility index (Phi) is 4.49. The summed E-state index contributed by atoms with van der Waals surface area (Å²) >= 11 is 3.23. The van der Waals surface area contributed by atoms with Crippen LogP contribution in [0.2, 0.25) is 0 Å². The van der Waals surface area contributed by atoms with Crippen LogP contribution >= 0.6 is 15.9 Å². The number of carbonyl (C=O) groups is 1. The minimum atomic E-state index is -0.604. The molecule has 1 aromatic carbocycles. The van der Waals surface area contributed by atoms with E-state index in [4.69, 9.17) is 4.74 Å². The highest BCUT2D eigenvalue weighted by molar-refractivity contribution is 9.10. The predicted molar refractivity (Wildman–Crippen MR) is 78.5 cm³/mol. The molecule has 0 aliphatic heterocycles. The third-order valence-corrected chi connectivity index (χ3v) is 2.99. The molecule has 0 saturated heterocycles. The number of nitrogens with zero attached hydrogens (tertiary/aromatic N) is 2. The van der Waals surface area contributed by atoms with Crippen LogP contribution in [0, 0.1) is 10.1 Å². The van der Waals surface area contributed by atoms with Crippen LogP contribution in [-0.4, -0.2) is 22.9 Å². The zero-order chi connectivity index (χ0) is 15.4. The molecule has 21 heavy (non-hydrogen) atoms. The van der Waals surface area contributed by atoms with Crippen molar-refractivity contribution in [1.82, 2.24) is 10.3 Å². The number of nitrogens with one attached hydrogen (secondary N) is 1. The Bertz CT molecular complexity index is 706. The van der Waals surface area contributed by atoms with Crippen molar-refractivity contribution in [3.05, 3.63) is 56.8 Å². The summed E-state index contributed by atoms with van der Waals surface area (Å²) in [6.45, 7) is 0. The van der Waals surface area contributed by atoms with E-state index in [0.717, 1.165) is 0 Å². The summed E-state index contributed by atoms with van der Waals surface area (Å²) < 4.78 is 6.14. The molecular weight excluding hydrogens is 342 g/mol. The number of carbonyl (C=O) groups excluding carboxylic acids is 1. The normalized spacial score (nSPS) is 10.0. The van der Waals surface area contributed by atoms with Gasteiger partial charge in [-0.05, 0) is 34.1 Å². The molecule has 7 nitrogen and oxygen atoms in total. The van der Waals surface area contributed by atoms with Gasteiger partial charge in [0, 0.05) is 29.3 Å². The van der Waals surface area contributed by atoms with Crippen molar-refractivity contribution in [2.45, 2.75) is 0 Å². The van der Waals surface area contributed by atoms with Gasteiger partial charge >= 0.3 is 5.69 Å². The van der Waals surface area contributed by atoms with Crippen molar-refractivity contribution in [2.75, 3.05) is 7.05 Å². The molecule has 0 bridgehead atoms. The standard InChI is InChI=1S/C13H10BrN3O4/c1-15-13(18)8-2-3-12(11(4-8)17(19)20)21-10-5-9(14)6-16-7-10/h2-7H,1H3,(H,15,18). The number of rotatable bonds is 4. The van der Waals surface area contributed by atoms with Crippen molar-refractivity contribution in [3.8, 4) is 11.5 Å². The Balaban J connectivity index is 2.39. The van der Waals surface area contributed by atoms with Gasteiger partial charge in [0.2, 0.25) is 5.75 Å². The van der Waals surface area contributed by atoms with Crippen LogP contribution in [-0.2, 0) is 0 Å². The van der Waals surface area contributed by atoms with E-state index >= 15 is 0 Å². The van der Waals surface area contributed by atoms with Crippen molar-refractivity contribution < 1.29 is 14.5 Å². The molecule has 0 aliphatic carbocycles. The molecule has 1 amide bonds. The fourth-order valence-electron chi connectivity index (χ4n) is 1.61. The molecule has 0 radical (unpaired) electrons. The van der Waals surface area contributed by atoms with Gasteiger partial charge in [0.05, 0.1) is 11.1 Å². The van der Waals surface area contributed by atoms with E-state index in [-0.39, 0.29) is 17.0 Å². The Labute approximate surface area is 128 Å². The summed E-state index contributed by atoms with van der Waals surface area (Å²) in [5, 5.41) is 13.5. The largest absolute Gasteiger partial charge is 0.448 e. The van der Waals surface area contributed by atoms with Gasteiger partial charge in [-0.15, -0.1) is 0 Å². The second-order valence-corrected chi connectivity index (χ2v) is 4.88. The molecule has 0 unspecified atom stereocenters. The average Bonchev–Trinajstić information content (AvgIpc) is 2.46. The quantitative estimate of drug-likeness (QED) is 0.674. The van der Waals surface area contributed by atoms with E-state index in [2.05, 4.69) is 26.2 Å². The first-order chi connectivity index (χ1) is 10.0. The van der Waals surface area contributed by atoms with Crippen LogP contribution in [0.4, 0.5) is 5.69 Å². The summed E-state index contributed by atoms with van der Waals surface area (Å²) in [6, 6.07) is 5.62. The lowest BCUT2D eigenvalue weighted by Gasteiger charge is -2.07. The second-order valence-electron chi connectivity index (χ2n) is 3.96. The summed E-state index contributed by atoms with van der Waals surface area (Å²) in [5.74, 6) is -0.0264. The SMILES string of the molecule is CNC(=O)c1ccc(Oc2cncc(Br)c2)c([N+](=O)[O-])c1. The molecule has 0 spiro atoms. The summed E-state index contributed by atoms with van der Waals surface area (Å²) in [7, 11) is 1.45. The number of ether oxygens (including phenoxy) is 1. The Morgan fingerprint density at radius 3 is 2.76 bits per heavy atom. The van der Waals surface area contributed by atoms with Crippen LogP contribution in [0.5, 0.6) is 11.5 Å². The molecule has 108 valence electrons. The van der Waals surface area contributed by atoms with E-state index in [0.29, 0.717) is 10.2 Å². The molecule has 0 fully saturated rings.